The maximum absolute atomic E-state index is 12.6. The Balaban J connectivity index is 1.62. The number of carbonyl (C=O) groups is 1. The van der Waals surface area contributed by atoms with E-state index in [1.807, 2.05) is 25.7 Å². The summed E-state index contributed by atoms with van der Waals surface area (Å²) in [5.41, 5.74) is -0.583. The molecule has 2 aromatic heterocycles. The van der Waals surface area contributed by atoms with Gasteiger partial charge in [0.05, 0.1) is 6.54 Å². The number of rotatable bonds is 5. The highest BCUT2D eigenvalue weighted by Crippen LogP contribution is 2.27. The predicted molar refractivity (Wildman–Crippen MR) is 103 cm³/mol. The van der Waals surface area contributed by atoms with Crippen molar-refractivity contribution in [3.05, 3.63) is 44.2 Å². The molecule has 0 radical (unpaired) electrons. The molecule has 2 aromatic rings. The average molecular weight is 389 g/mol. The number of aryl methyl sites for hydroxylation is 1. The highest BCUT2D eigenvalue weighted by atomic mass is 16.2. The standard InChI is InChI=1S/C18H27N7O3/c1-12-9-25(18(28)19-17(12)27)11-15(26)24-7-5-13(6-8-24)16-21-20-14(23(16)4)10-22(2)3/h9,13H,5-8,10-11H2,1-4H3,(H,19,27,28). The van der Waals surface area contributed by atoms with Crippen LogP contribution in [0.3, 0.4) is 0 Å². The molecule has 1 aliphatic heterocycles. The predicted octanol–water partition coefficient (Wildman–Crippen LogP) is -0.559. The van der Waals surface area contributed by atoms with Crippen molar-refractivity contribution in [1.29, 1.82) is 0 Å². The Hall–Kier alpha value is -2.75. The Kier molecular flexibility index (Phi) is 5.78. The normalized spacial score (nSPS) is 15.4. The Labute approximate surface area is 162 Å². The van der Waals surface area contributed by atoms with Crippen molar-refractivity contribution >= 4 is 5.91 Å². The number of piperidine rings is 1. The van der Waals surface area contributed by atoms with E-state index in [1.54, 1.807) is 11.8 Å². The minimum absolute atomic E-state index is 0.0714. The molecule has 0 aliphatic carbocycles. The molecule has 0 bridgehead atoms. The maximum atomic E-state index is 12.6. The Morgan fingerprint density at radius 3 is 2.57 bits per heavy atom. The van der Waals surface area contributed by atoms with E-state index in [0.29, 0.717) is 18.7 Å². The van der Waals surface area contributed by atoms with Crippen LogP contribution in [-0.2, 0) is 24.9 Å². The fourth-order valence-electron chi connectivity index (χ4n) is 3.52. The molecule has 1 aliphatic rings. The molecule has 0 spiro atoms. The topological polar surface area (TPSA) is 109 Å². The second kappa shape index (κ2) is 8.09. The number of likely N-dealkylation sites (tertiary alicyclic amines) is 1. The minimum Gasteiger partial charge on any atom is -0.341 e. The van der Waals surface area contributed by atoms with Gasteiger partial charge in [-0.15, -0.1) is 10.2 Å². The summed E-state index contributed by atoms with van der Waals surface area (Å²) in [5.74, 6) is 2.01. The quantitative estimate of drug-likeness (QED) is 0.734. The van der Waals surface area contributed by atoms with Gasteiger partial charge < -0.3 is 14.4 Å². The summed E-state index contributed by atoms with van der Waals surface area (Å²) in [6.07, 6.45) is 3.04. The molecule has 28 heavy (non-hydrogen) atoms. The smallest absolute Gasteiger partial charge is 0.328 e. The molecule has 3 heterocycles. The molecule has 152 valence electrons. The van der Waals surface area contributed by atoms with Crippen LogP contribution in [0.4, 0.5) is 0 Å². The van der Waals surface area contributed by atoms with Crippen molar-refractivity contribution in [3.8, 4) is 0 Å². The molecule has 0 saturated carbocycles. The summed E-state index contributed by atoms with van der Waals surface area (Å²) in [4.78, 5) is 42.0. The number of H-pyrrole nitrogens is 1. The van der Waals surface area contributed by atoms with Crippen LogP contribution in [0.1, 0.15) is 36.0 Å². The van der Waals surface area contributed by atoms with Crippen LogP contribution in [0, 0.1) is 6.92 Å². The minimum atomic E-state index is -0.564. The number of nitrogens with zero attached hydrogens (tertiary/aromatic N) is 6. The number of aromatic amines is 1. The summed E-state index contributed by atoms with van der Waals surface area (Å²) < 4.78 is 3.30. The fourth-order valence-corrected chi connectivity index (χ4v) is 3.52. The third-order valence-electron chi connectivity index (χ3n) is 5.16. The van der Waals surface area contributed by atoms with Gasteiger partial charge >= 0.3 is 5.69 Å². The van der Waals surface area contributed by atoms with Gasteiger partial charge in [-0.1, -0.05) is 0 Å². The summed E-state index contributed by atoms with van der Waals surface area (Å²) in [5, 5.41) is 8.65. The first-order valence-corrected chi connectivity index (χ1v) is 9.37. The van der Waals surface area contributed by atoms with Crippen molar-refractivity contribution in [2.75, 3.05) is 27.2 Å². The third-order valence-corrected chi connectivity index (χ3v) is 5.16. The van der Waals surface area contributed by atoms with E-state index >= 15 is 0 Å². The summed E-state index contributed by atoms with van der Waals surface area (Å²) in [6.45, 7) is 3.48. The number of nitrogens with one attached hydrogen (secondary N) is 1. The van der Waals surface area contributed by atoms with E-state index < -0.39 is 11.2 Å². The fraction of sp³-hybridized carbons (Fsp3) is 0.611. The van der Waals surface area contributed by atoms with E-state index in [4.69, 9.17) is 0 Å². The van der Waals surface area contributed by atoms with Gasteiger partial charge in [-0.05, 0) is 33.9 Å². The second-order valence-corrected chi connectivity index (χ2v) is 7.63. The summed E-state index contributed by atoms with van der Waals surface area (Å²) in [7, 11) is 5.97. The third kappa shape index (κ3) is 4.22. The van der Waals surface area contributed by atoms with Crippen molar-refractivity contribution in [2.45, 2.75) is 38.8 Å². The molecule has 0 unspecified atom stereocenters. The number of carbonyl (C=O) groups excluding carboxylic acids is 1. The first-order chi connectivity index (χ1) is 13.3. The van der Waals surface area contributed by atoms with Gasteiger partial charge in [0.25, 0.3) is 5.56 Å². The first kappa shape index (κ1) is 20.0. The zero-order valence-corrected chi connectivity index (χ0v) is 16.8. The largest absolute Gasteiger partial charge is 0.341 e. The lowest BCUT2D eigenvalue weighted by Gasteiger charge is -2.31. The monoisotopic (exact) mass is 389 g/mol. The van der Waals surface area contributed by atoms with Gasteiger partial charge in [0.1, 0.15) is 18.2 Å². The van der Waals surface area contributed by atoms with Gasteiger partial charge in [0, 0.05) is 37.8 Å². The van der Waals surface area contributed by atoms with Crippen LogP contribution in [-0.4, -0.2) is 67.2 Å². The first-order valence-electron chi connectivity index (χ1n) is 9.37. The van der Waals surface area contributed by atoms with Gasteiger partial charge in [0.15, 0.2) is 0 Å². The van der Waals surface area contributed by atoms with Crippen LogP contribution < -0.4 is 11.2 Å². The molecule has 3 rings (SSSR count). The van der Waals surface area contributed by atoms with Crippen molar-refractivity contribution < 1.29 is 4.79 Å². The molecule has 1 amide bonds. The van der Waals surface area contributed by atoms with Crippen LogP contribution in [0.25, 0.3) is 0 Å². The second-order valence-electron chi connectivity index (χ2n) is 7.63. The summed E-state index contributed by atoms with van der Waals surface area (Å²) in [6, 6.07) is 0. The van der Waals surface area contributed by atoms with Crippen LogP contribution in [0.15, 0.2) is 15.8 Å². The van der Waals surface area contributed by atoms with E-state index in [0.717, 1.165) is 31.0 Å². The summed E-state index contributed by atoms with van der Waals surface area (Å²) >= 11 is 0. The van der Waals surface area contributed by atoms with Crippen LogP contribution >= 0.6 is 0 Å². The molecular weight excluding hydrogens is 362 g/mol. The zero-order valence-electron chi connectivity index (χ0n) is 16.8. The number of amides is 1. The average Bonchev–Trinajstić information content (AvgIpc) is 2.99. The molecule has 10 heteroatoms. The van der Waals surface area contributed by atoms with Gasteiger partial charge in [-0.25, -0.2) is 4.79 Å². The lowest BCUT2D eigenvalue weighted by Crippen LogP contribution is -2.42. The highest BCUT2D eigenvalue weighted by molar-refractivity contribution is 5.76. The molecule has 10 nitrogen and oxygen atoms in total. The van der Waals surface area contributed by atoms with E-state index in [-0.39, 0.29) is 18.4 Å². The molecular formula is C18H27N7O3. The lowest BCUT2D eigenvalue weighted by atomic mass is 9.96. The molecule has 1 fully saturated rings. The molecule has 0 atom stereocenters. The molecule has 1 saturated heterocycles. The Morgan fingerprint density at radius 1 is 1.25 bits per heavy atom. The van der Waals surface area contributed by atoms with Gasteiger partial charge in [-0.3, -0.25) is 19.1 Å². The highest BCUT2D eigenvalue weighted by Gasteiger charge is 2.27. The van der Waals surface area contributed by atoms with E-state index in [2.05, 4.69) is 20.1 Å². The Morgan fingerprint density at radius 2 is 1.93 bits per heavy atom. The molecule has 0 aromatic carbocycles. The lowest BCUT2D eigenvalue weighted by molar-refractivity contribution is -0.133. The SMILES string of the molecule is Cc1cn(CC(=O)N2CCC(c3nnc(CN(C)C)n3C)CC2)c(=O)[nH]c1=O. The van der Waals surface area contributed by atoms with E-state index in [9.17, 15) is 14.4 Å². The molecule has 1 N–H and O–H groups in total. The van der Waals surface area contributed by atoms with Gasteiger partial charge in [0.2, 0.25) is 5.91 Å². The Bertz CT molecular complexity index is 964. The van der Waals surface area contributed by atoms with Gasteiger partial charge in [-0.2, -0.15) is 0 Å². The van der Waals surface area contributed by atoms with E-state index in [1.165, 1.54) is 10.8 Å². The number of hydrogen-bond donors (Lipinski definition) is 1. The van der Waals surface area contributed by atoms with Crippen LogP contribution in [0.2, 0.25) is 0 Å². The van der Waals surface area contributed by atoms with Crippen molar-refractivity contribution in [3.63, 3.8) is 0 Å². The van der Waals surface area contributed by atoms with Crippen molar-refractivity contribution in [2.24, 2.45) is 7.05 Å². The van der Waals surface area contributed by atoms with Crippen molar-refractivity contribution in [1.82, 2.24) is 34.1 Å². The number of aromatic nitrogens is 5. The van der Waals surface area contributed by atoms with Crippen LogP contribution in [0.5, 0.6) is 0 Å². The maximum Gasteiger partial charge on any atom is 0.328 e. The number of hydrogen-bond acceptors (Lipinski definition) is 6. The zero-order chi connectivity index (χ0) is 20.4.